The standard InChI is InChI=1S/C21H24ClNO4/c1-13(24)23-11-16(14-8-9-18(25-2)20(10-14)27-4)17(12-23)15-6-5-7-19(26-3)21(15)22/h5-10,16-17H,11-12H2,1-4H3. The number of likely N-dealkylation sites (tertiary alicyclic amines) is 1. The van der Waals surface area contributed by atoms with Gasteiger partial charge >= 0.3 is 0 Å². The number of rotatable bonds is 5. The summed E-state index contributed by atoms with van der Waals surface area (Å²) in [5, 5.41) is 0.598. The number of amides is 1. The Morgan fingerprint density at radius 1 is 0.963 bits per heavy atom. The topological polar surface area (TPSA) is 48.0 Å². The number of ether oxygens (including phenoxy) is 3. The van der Waals surface area contributed by atoms with E-state index < -0.39 is 0 Å². The van der Waals surface area contributed by atoms with E-state index in [4.69, 9.17) is 25.8 Å². The van der Waals surface area contributed by atoms with Crippen LogP contribution in [-0.4, -0.2) is 45.2 Å². The number of carbonyl (C=O) groups is 1. The summed E-state index contributed by atoms with van der Waals surface area (Å²) in [4.78, 5) is 13.9. The highest BCUT2D eigenvalue weighted by atomic mass is 35.5. The van der Waals surface area contributed by atoms with E-state index in [-0.39, 0.29) is 17.7 Å². The third kappa shape index (κ3) is 3.69. The molecule has 2 unspecified atom stereocenters. The first kappa shape index (κ1) is 19.4. The Morgan fingerprint density at radius 2 is 1.63 bits per heavy atom. The second-order valence-corrected chi connectivity index (χ2v) is 6.99. The molecule has 2 aromatic rings. The van der Waals surface area contributed by atoms with Crippen LogP contribution in [0.1, 0.15) is 29.9 Å². The van der Waals surface area contributed by atoms with Crippen LogP contribution in [0.4, 0.5) is 0 Å². The number of carbonyl (C=O) groups excluding carboxylic acids is 1. The van der Waals surface area contributed by atoms with Crippen LogP contribution in [0.5, 0.6) is 17.2 Å². The third-order valence-electron chi connectivity index (χ3n) is 5.21. The fourth-order valence-electron chi connectivity index (χ4n) is 3.77. The van der Waals surface area contributed by atoms with Gasteiger partial charge in [-0.2, -0.15) is 0 Å². The first-order chi connectivity index (χ1) is 13.0. The van der Waals surface area contributed by atoms with Crippen LogP contribution in [0.2, 0.25) is 5.02 Å². The minimum absolute atomic E-state index is 0.0574. The largest absolute Gasteiger partial charge is 0.495 e. The Balaban J connectivity index is 2.05. The molecule has 1 fully saturated rings. The summed E-state index contributed by atoms with van der Waals surface area (Å²) in [7, 11) is 4.84. The lowest BCUT2D eigenvalue weighted by Gasteiger charge is -2.22. The molecular weight excluding hydrogens is 366 g/mol. The van der Waals surface area contributed by atoms with E-state index in [1.54, 1.807) is 28.3 Å². The summed E-state index contributed by atoms with van der Waals surface area (Å²) in [6, 6.07) is 11.7. The Kier molecular flexibility index (Phi) is 5.80. The van der Waals surface area contributed by atoms with Crippen LogP contribution in [0.25, 0.3) is 0 Å². The summed E-state index contributed by atoms with van der Waals surface area (Å²) >= 11 is 6.60. The van der Waals surface area contributed by atoms with Gasteiger partial charge in [-0.15, -0.1) is 0 Å². The SMILES string of the molecule is COc1ccc(C2CN(C(C)=O)CC2c2cccc(OC)c2Cl)cc1OC. The van der Waals surface area contributed by atoms with Crippen molar-refractivity contribution in [1.29, 1.82) is 0 Å². The minimum atomic E-state index is 0.0574. The first-order valence-electron chi connectivity index (χ1n) is 8.80. The number of methoxy groups -OCH3 is 3. The first-order valence-corrected chi connectivity index (χ1v) is 9.17. The molecule has 3 rings (SSSR count). The van der Waals surface area contributed by atoms with E-state index in [0.717, 1.165) is 11.1 Å². The molecule has 1 aliphatic heterocycles. The van der Waals surface area contributed by atoms with Crippen LogP contribution in [0.3, 0.4) is 0 Å². The molecular formula is C21H24ClNO4. The van der Waals surface area contributed by atoms with Crippen molar-refractivity contribution >= 4 is 17.5 Å². The summed E-state index contributed by atoms with van der Waals surface area (Å²) in [6.45, 7) is 2.84. The maximum Gasteiger partial charge on any atom is 0.219 e. The molecule has 144 valence electrons. The number of hydrogen-bond acceptors (Lipinski definition) is 4. The van der Waals surface area contributed by atoms with Crippen LogP contribution in [0, 0.1) is 0 Å². The van der Waals surface area contributed by atoms with Gasteiger partial charge in [-0.05, 0) is 29.3 Å². The lowest BCUT2D eigenvalue weighted by molar-refractivity contribution is -0.127. The average Bonchev–Trinajstić information content (AvgIpc) is 3.13. The Labute approximate surface area is 164 Å². The van der Waals surface area contributed by atoms with Crippen LogP contribution in [0.15, 0.2) is 36.4 Å². The highest BCUT2D eigenvalue weighted by molar-refractivity contribution is 6.32. The fraction of sp³-hybridized carbons (Fsp3) is 0.381. The van der Waals surface area contributed by atoms with E-state index in [9.17, 15) is 4.79 Å². The smallest absolute Gasteiger partial charge is 0.219 e. The van der Waals surface area contributed by atoms with Gasteiger partial charge in [0.25, 0.3) is 0 Å². The van der Waals surface area contributed by atoms with Crippen molar-refractivity contribution < 1.29 is 19.0 Å². The molecule has 0 radical (unpaired) electrons. The van der Waals surface area contributed by atoms with E-state index in [0.29, 0.717) is 35.4 Å². The number of halogens is 1. The summed E-state index contributed by atoms with van der Waals surface area (Å²) in [5.41, 5.74) is 2.07. The predicted octanol–water partition coefficient (Wildman–Crippen LogP) is 4.10. The molecule has 0 saturated carbocycles. The highest BCUT2D eigenvalue weighted by Gasteiger charge is 2.37. The summed E-state index contributed by atoms with van der Waals surface area (Å²) in [6.07, 6.45) is 0. The maximum atomic E-state index is 12.1. The molecule has 0 aromatic heterocycles. The maximum absolute atomic E-state index is 12.1. The molecule has 27 heavy (non-hydrogen) atoms. The molecule has 0 spiro atoms. The highest BCUT2D eigenvalue weighted by Crippen LogP contribution is 2.45. The monoisotopic (exact) mass is 389 g/mol. The zero-order valence-corrected chi connectivity index (χ0v) is 16.7. The van der Waals surface area contributed by atoms with E-state index >= 15 is 0 Å². The lowest BCUT2D eigenvalue weighted by Crippen LogP contribution is -2.25. The van der Waals surface area contributed by atoms with Crippen LogP contribution < -0.4 is 14.2 Å². The van der Waals surface area contributed by atoms with Crippen molar-refractivity contribution in [2.24, 2.45) is 0 Å². The van der Waals surface area contributed by atoms with Gasteiger partial charge in [0.05, 0.1) is 26.4 Å². The number of nitrogens with zero attached hydrogens (tertiary/aromatic N) is 1. The van der Waals surface area contributed by atoms with Crippen molar-refractivity contribution in [3.63, 3.8) is 0 Å². The van der Waals surface area contributed by atoms with Gasteiger partial charge in [-0.3, -0.25) is 4.79 Å². The molecule has 0 aliphatic carbocycles. The van der Waals surface area contributed by atoms with Crippen molar-refractivity contribution in [2.45, 2.75) is 18.8 Å². The number of hydrogen-bond donors (Lipinski definition) is 0. The van der Waals surface area contributed by atoms with Gasteiger partial charge in [-0.1, -0.05) is 29.8 Å². The molecule has 1 saturated heterocycles. The van der Waals surface area contributed by atoms with Crippen molar-refractivity contribution in [1.82, 2.24) is 4.90 Å². The average molecular weight is 390 g/mol. The molecule has 1 heterocycles. The van der Waals surface area contributed by atoms with Crippen LogP contribution in [-0.2, 0) is 4.79 Å². The Hall–Kier alpha value is -2.40. The lowest BCUT2D eigenvalue weighted by atomic mass is 9.84. The van der Waals surface area contributed by atoms with Gasteiger partial charge in [0.2, 0.25) is 5.91 Å². The summed E-state index contributed by atoms with van der Waals surface area (Å²) in [5.74, 6) is 2.21. The minimum Gasteiger partial charge on any atom is -0.495 e. The van der Waals surface area contributed by atoms with Crippen molar-refractivity contribution in [3.05, 3.63) is 52.5 Å². The molecule has 0 bridgehead atoms. The molecule has 2 atom stereocenters. The Morgan fingerprint density at radius 3 is 2.26 bits per heavy atom. The van der Waals surface area contributed by atoms with Gasteiger partial charge in [0.1, 0.15) is 5.75 Å². The van der Waals surface area contributed by atoms with Crippen LogP contribution >= 0.6 is 11.6 Å². The quantitative estimate of drug-likeness (QED) is 0.772. The van der Waals surface area contributed by atoms with Crippen molar-refractivity contribution in [3.8, 4) is 17.2 Å². The molecule has 6 heteroatoms. The van der Waals surface area contributed by atoms with E-state index in [2.05, 4.69) is 0 Å². The van der Waals surface area contributed by atoms with Gasteiger partial charge in [0, 0.05) is 31.8 Å². The predicted molar refractivity (Wildman–Crippen MR) is 105 cm³/mol. The zero-order valence-electron chi connectivity index (χ0n) is 16.0. The third-order valence-corrected chi connectivity index (χ3v) is 5.62. The van der Waals surface area contributed by atoms with Crippen molar-refractivity contribution in [2.75, 3.05) is 34.4 Å². The second kappa shape index (κ2) is 8.09. The van der Waals surface area contributed by atoms with E-state index in [1.807, 2.05) is 41.3 Å². The summed E-state index contributed by atoms with van der Waals surface area (Å²) < 4.78 is 16.2. The van der Waals surface area contributed by atoms with Gasteiger partial charge in [-0.25, -0.2) is 0 Å². The molecule has 2 aromatic carbocycles. The van der Waals surface area contributed by atoms with E-state index in [1.165, 1.54) is 0 Å². The molecule has 5 nitrogen and oxygen atoms in total. The molecule has 1 amide bonds. The normalized spacial score (nSPS) is 19.1. The number of benzene rings is 2. The fourth-order valence-corrected chi connectivity index (χ4v) is 4.11. The Bertz CT molecular complexity index is 839. The van der Waals surface area contributed by atoms with Gasteiger partial charge in [0.15, 0.2) is 11.5 Å². The molecule has 0 N–H and O–H groups in total. The zero-order chi connectivity index (χ0) is 19.6. The second-order valence-electron chi connectivity index (χ2n) is 6.61. The molecule has 1 aliphatic rings. The van der Waals surface area contributed by atoms with Gasteiger partial charge < -0.3 is 19.1 Å².